The first-order valence-corrected chi connectivity index (χ1v) is 17.2. The van der Waals surface area contributed by atoms with E-state index in [1.807, 2.05) is 6.92 Å². The normalized spacial score (nSPS) is 16.8. The number of alkyl halides is 6. The molecule has 0 fully saturated rings. The Morgan fingerprint density at radius 3 is 1.08 bits per heavy atom. The Kier molecular flexibility index (Phi) is 10.4. The zero-order valence-electron chi connectivity index (χ0n) is 23.1. The van der Waals surface area contributed by atoms with E-state index < -0.39 is 62.9 Å². The number of hydrogen-bond acceptors (Lipinski definition) is 4. The van der Waals surface area contributed by atoms with E-state index >= 15 is 0 Å². The summed E-state index contributed by atoms with van der Waals surface area (Å²) in [6, 6.07) is 0. The van der Waals surface area contributed by atoms with Gasteiger partial charge < -0.3 is 0 Å². The van der Waals surface area contributed by atoms with Crippen LogP contribution in [0.1, 0.15) is 108 Å². The Balaban J connectivity index is 8.26. The summed E-state index contributed by atoms with van der Waals surface area (Å²) in [6.45, 7) is 8.80. The first-order valence-electron chi connectivity index (χ1n) is 12.0. The van der Waals surface area contributed by atoms with Gasteiger partial charge in [0.25, 0.3) is 0 Å². The van der Waals surface area contributed by atoms with Crippen LogP contribution in [-0.4, -0.2) is 53.0 Å². The molecule has 0 aliphatic carbocycles. The van der Waals surface area contributed by atoms with E-state index in [1.54, 1.807) is 0 Å². The molecule has 5 nitrogen and oxygen atoms in total. The predicted octanol–water partition coefficient (Wildman–Crippen LogP) is 8.21. The van der Waals surface area contributed by atoms with Crippen LogP contribution in [-0.2, 0) is 20.0 Å². The minimum atomic E-state index is -7.01. The average molecular weight is 596 g/mol. The molecule has 14 heteroatoms. The fraction of sp³-hybridized carbons (Fsp3) is 1.00. The maximum absolute atomic E-state index is 14.2. The van der Waals surface area contributed by atoms with Gasteiger partial charge in [-0.3, -0.25) is 0 Å². The monoisotopic (exact) mass is 595 g/mol. The van der Waals surface area contributed by atoms with Crippen LogP contribution in [0.15, 0.2) is 0 Å². The van der Waals surface area contributed by atoms with E-state index in [0.717, 1.165) is 19.3 Å². The van der Waals surface area contributed by atoms with Crippen molar-refractivity contribution < 1.29 is 43.2 Å². The molecule has 0 aromatic heterocycles. The number of unbranched alkanes of at least 4 members (excludes halogenated alkanes) is 5. The van der Waals surface area contributed by atoms with E-state index in [-0.39, 0.29) is 6.42 Å². The zero-order chi connectivity index (χ0) is 29.5. The molecule has 220 valence electrons. The summed E-state index contributed by atoms with van der Waals surface area (Å²) >= 11 is 0. The van der Waals surface area contributed by atoms with Gasteiger partial charge in [-0.05, 0) is 0 Å². The van der Waals surface area contributed by atoms with Crippen molar-refractivity contribution >= 4 is 26.8 Å². The molecule has 0 radical (unpaired) electrons. The molecule has 0 bridgehead atoms. The second-order valence-electron chi connectivity index (χ2n) is 12.3. The number of halogens is 6. The van der Waals surface area contributed by atoms with Crippen molar-refractivity contribution in [3.63, 3.8) is 0 Å². The van der Waals surface area contributed by atoms with E-state index in [9.17, 15) is 43.2 Å². The molecular weight excluding hydrogens is 551 g/mol. The SMILES string of the molecule is CCCCCCCCP(N(S(=O)(=O)C(F)(F)F)S(=O)(=O)C(F)(F)F)(C(C)(C)C)(C(C)(C)C)C(C)(C)C. The molecule has 0 rings (SSSR count). The first-order chi connectivity index (χ1) is 15.5. The average Bonchev–Trinajstić information content (AvgIpc) is 2.57. The third kappa shape index (κ3) is 5.20. The van der Waals surface area contributed by atoms with Crippen molar-refractivity contribution in [2.75, 3.05) is 6.16 Å². The summed E-state index contributed by atoms with van der Waals surface area (Å²) < 4.78 is 137. The quantitative estimate of drug-likeness (QED) is 0.145. The number of hydrogen-bond donors (Lipinski definition) is 0. The number of nitrogens with zero attached hydrogens (tertiary/aromatic N) is 1. The Hall–Kier alpha value is -0.130. The summed E-state index contributed by atoms with van der Waals surface area (Å²) in [6.07, 6.45) is 3.29. The van der Waals surface area contributed by atoms with Gasteiger partial charge in [0.05, 0.1) is 0 Å². The molecule has 0 heterocycles. The molecule has 0 atom stereocenters. The van der Waals surface area contributed by atoms with Gasteiger partial charge in [-0.1, -0.05) is 0 Å². The fourth-order valence-electron chi connectivity index (χ4n) is 6.82. The zero-order valence-corrected chi connectivity index (χ0v) is 25.6. The van der Waals surface area contributed by atoms with Crippen LogP contribution in [0.3, 0.4) is 0 Å². The molecule has 0 saturated heterocycles. The summed E-state index contributed by atoms with van der Waals surface area (Å²) in [7, 11) is -14.0. The van der Waals surface area contributed by atoms with Gasteiger partial charge in [-0.25, -0.2) is 0 Å². The number of sulfonamides is 2. The maximum atomic E-state index is 14.2. The molecule has 0 amide bonds. The third-order valence-corrected chi connectivity index (χ3v) is 24.8. The molecule has 0 aliphatic heterocycles. The third-order valence-electron chi connectivity index (χ3n) is 7.64. The van der Waals surface area contributed by atoms with Gasteiger partial charge in [0.2, 0.25) is 0 Å². The van der Waals surface area contributed by atoms with Gasteiger partial charge in [0, 0.05) is 0 Å². The Labute approximate surface area is 213 Å². The van der Waals surface area contributed by atoms with Crippen LogP contribution >= 0.6 is 6.75 Å². The van der Waals surface area contributed by atoms with E-state index in [4.69, 9.17) is 0 Å². The standard InChI is InChI=1S/C22H44F6NO4PS2/c1-11-12-13-14-15-16-17-34(18(2,3)4,19(5,6)7,20(8,9)10)29(35(30,31)21(23,24)25)36(32,33)22(26,27)28/h11-17H2,1-10H3. The van der Waals surface area contributed by atoms with Crippen molar-refractivity contribution in [2.45, 2.75) is 134 Å². The molecule has 0 spiro atoms. The fourth-order valence-corrected chi connectivity index (χ4v) is 28.5. The Morgan fingerprint density at radius 2 is 0.833 bits per heavy atom. The van der Waals surface area contributed by atoms with Crippen molar-refractivity contribution in [3.8, 4) is 0 Å². The van der Waals surface area contributed by atoms with Crippen LogP contribution in [0, 0.1) is 0 Å². The molecular formula is C22H44F6NO4PS2. The van der Waals surface area contributed by atoms with Gasteiger partial charge in [0.15, 0.2) is 0 Å². The summed E-state index contributed by atoms with van der Waals surface area (Å²) in [5.74, 6) is 0. The van der Waals surface area contributed by atoms with E-state index in [1.165, 1.54) is 62.3 Å². The predicted molar refractivity (Wildman–Crippen MR) is 136 cm³/mol. The van der Waals surface area contributed by atoms with Gasteiger partial charge >= 0.3 is 214 Å². The number of rotatable bonds is 10. The minimum absolute atomic E-state index is 0.0740. The van der Waals surface area contributed by atoms with Crippen molar-refractivity contribution in [1.29, 1.82) is 0 Å². The van der Waals surface area contributed by atoms with Crippen LogP contribution in [0.25, 0.3) is 0 Å². The summed E-state index contributed by atoms with van der Waals surface area (Å²) in [5.41, 5.74) is -12.6. The molecule has 0 aromatic rings. The Bertz CT molecular complexity index is 888. The van der Waals surface area contributed by atoms with Crippen LogP contribution in [0.4, 0.5) is 26.3 Å². The van der Waals surface area contributed by atoms with Crippen molar-refractivity contribution in [3.05, 3.63) is 0 Å². The van der Waals surface area contributed by atoms with Crippen LogP contribution in [0.5, 0.6) is 0 Å². The van der Waals surface area contributed by atoms with Crippen molar-refractivity contribution in [1.82, 2.24) is 3.48 Å². The van der Waals surface area contributed by atoms with Crippen LogP contribution in [0.2, 0.25) is 0 Å². The van der Waals surface area contributed by atoms with Crippen LogP contribution < -0.4 is 0 Å². The second-order valence-corrected chi connectivity index (χ2v) is 24.0. The summed E-state index contributed by atoms with van der Waals surface area (Å²) in [4.78, 5) is 0. The van der Waals surface area contributed by atoms with Gasteiger partial charge in [-0.2, -0.15) is 0 Å². The van der Waals surface area contributed by atoms with E-state index in [0.29, 0.717) is 12.8 Å². The molecule has 0 aliphatic rings. The van der Waals surface area contributed by atoms with Crippen molar-refractivity contribution in [2.24, 2.45) is 0 Å². The van der Waals surface area contributed by atoms with Gasteiger partial charge in [0.1, 0.15) is 0 Å². The molecule has 36 heavy (non-hydrogen) atoms. The van der Waals surface area contributed by atoms with Gasteiger partial charge in [-0.15, -0.1) is 0 Å². The topological polar surface area (TPSA) is 71.5 Å². The molecule has 0 saturated carbocycles. The molecule has 0 aromatic carbocycles. The second kappa shape index (κ2) is 10.5. The van der Waals surface area contributed by atoms with E-state index in [2.05, 4.69) is 0 Å². The Morgan fingerprint density at radius 1 is 0.556 bits per heavy atom. The summed E-state index contributed by atoms with van der Waals surface area (Å²) in [5, 5.41) is -4.83. The molecule has 0 unspecified atom stereocenters. The molecule has 0 N–H and O–H groups in total. The first kappa shape index (κ1) is 35.9.